The number of rotatable bonds is 5. The average molecular weight is 398 g/mol. The lowest BCUT2D eigenvalue weighted by atomic mass is 10.2. The highest BCUT2D eigenvalue weighted by atomic mass is 19.1. The van der Waals surface area contributed by atoms with E-state index >= 15 is 0 Å². The van der Waals surface area contributed by atoms with Crippen molar-refractivity contribution in [3.05, 3.63) is 54.0 Å². The van der Waals surface area contributed by atoms with Gasteiger partial charge in [-0.05, 0) is 43.9 Å². The Bertz CT molecular complexity index is 833. The Labute approximate surface area is 170 Å². The Morgan fingerprint density at radius 1 is 1.10 bits per heavy atom. The van der Waals surface area contributed by atoms with Crippen LogP contribution in [0.4, 0.5) is 14.9 Å². The van der Waals surface area contributed by atoms with Gasteiger partial charge in [0.15, 0.2) is 0 Å². The lowest BCUT2D eigenvalue weighted by Crippen LogP contribution is -2.51. The molecule has 2 aromatic rings. The summed E-state index contributed by atoms with van der Waals surface area (Å²) in [5.74, 6) is 0.390. The van der Waals surface area contributed by atoms with E-state index in [-0.39, 0.29) is 18.0 Å². The Morgan fingerprint density at radius 3 is 2.62 bits per heavy atom. The number of carbonyl (C=O) groups is 1. The molecule has 0 atom stereocenters. The van der Waals surface area contributed by atoms with Crippen molar-refractivity contribution in [2.75, 3.05) is 31.1 Å². The summed E-state index contributed by atoms with van der Waals surface area (Å²) in [6.45, 7) is 2.70. The van der Waals surface area contributed by atoms with Crippen LogP contribution in [-0.2, 0) is 6.54 Å². The van der Waals surface area contributed by atoms with Crippen molar-refractivity contribution in [3.8, 4) is 5.88 Å². The molecule has 2 heterocycles. The van der Waals surface area contributed by atoms with E-state index in [0.717, 1.165) is 18.4 Å². The SMILES string of the molecule is O=C(NCc1cccnc1OC1CCCC1)N1CCN(c2ccccc2F)CC1. The molecule has 2 aliphatic rings. The fourth-order valence-corrected chi connectivity index (χ4v) is 3.97. The van der Waals surface area contributed by atoms with Gasteiger partial charge in [-0.2, -0.15) is 0 Å². The van der Waals surface area contributed by atoms with Gasteiger partial charge in [0.05, 0.1) is 5.69 Å². The van der Waals surface area contributed by atoms with Crippen molar-refractivity contribution in [2.24, 2.45) is 0 Å². The Hall–Kier alpha value is -2.83. The van der Waals surface area contributed by atoms with E-state index in [9.17, 15) is 9.18 Å². The molecule has 0 bridgehead atoms. The highest BCUT2D eigenvalue weighted by Crippen LogP contribution is 2.25. The molecule has 1 saturated carbocycles. The van der Waals surface area contributed by atoms with Crippen LogP contribution in [-0.4, -0.2) is 48.2 Å². The molecule has 1 aromatic heterocycles. The van der Waals surface area contributed by atoms with Crippen LogP contribution in [0.3, 0.4) is 0 Å². The predicted octanol–water partition coefficient (Wildman–Crippen LogP) is 3.57. The van der Waals surface area contributed by atoms with E-state index < -0.39 is 0 Å². The third-order valence-corrected chi connectivity index (χ3v) is 5.62. The van der Waals surface area contributed by atoms with E-state index in [4.69, 9.17) is 4.74 Å². The summed E-state index contributed by atoms with van der Waals surface area (Å²) in [6, 6.07) is 10.4. The molecule has 1 N–H and O–H groups in total. The fraction of sp³-hybridized carbons (Fsp3) is 0.455. The number of para-hydroxylation sites is 1. The summed E-state index contributed by atoms with van der Waals surface area (Å²) >= 11 is 0. The molecular weight excluding hydrogens is 371 g/mol. The maximum Gasteiger partial charge on any atom is 0.317 e. The number of hydrogen-bond donors (Lipinski definition) is 1. The number of hydrogen-bond acceptors (Lipinski definition) is 4. The second kappa shape index (κ2) is 9.11. The summed E-state index contributed by atoms with van der Waals surface area (Å²) in [4.78, 5) is 20.7. The molecule has 2 fully saturated rings. The van der Waals surface area contributed by atoms with Crippen molar-refractivity contribution in [1.29, 1.82) is 0 Å². The number of carbonyl (C=O) groups excluding carboxylic acids is 1. The lowest BCUT2D eigenvalue weighted by Gasteiger charge is -2.36. The van der Waals surface area contributed by atoms with E-state index in [1.807, 2.05) is 23.1 Å². The Morgan fingerprint density at radius 2 is 1.86 bits per heavy atom. The molecular formula is C22H27FN4O2. The van der Waals surface area contributed by atoms with Gasteiger partial charge in [0.25, 0.3) is 0 Å². The molecule has 154 valence electrons. The first kappa shape index (κ1) is 19.5. The van der Waals surface area contributed by atoms with E-state index in [1.54, 1.807) is 23.2 Å². The zero-order valence-electron chi connectivity index (χ0n) is 16.5. The smallest absolute Gasteiger partial charge is 0.317 e. The normalized spacial score (nSPS) is 17.4. The van der Waals surface area contributed by atoms with E-state index in [0.29, 0.717) is 44.3 Å². The summed E-state index contributed by atoms with van der Waals surface area (Å²) in [5.41, 5.74) is 1.48. The minimum Gasteiger partial charge on any atom is -0.474 e. The first-order chi connectivity index (χ1) is 14.2. The number of nitrogens with zero attached hydrogens (tertiary/aromatic N) is 3. The van der Waals surface area contributed by atoms with Crippen molar-refractivity contribution in [2.45, 2.75) is 38.3 Å². The lowest BCUT2D eigenvalue weighted by molar-refractivity contribution is 0.191. The van der Waals surface area contributed by atoms with Crippen LogP contribution in [0.5, 0.6) is 5.88 Å². The third-order valence-electron chi connectivity index (χ3n) is 5.62. The average Bonchev–Trinajstić information content (AvgIpc) is 3.26. The van der Waals surface area contributed by atoms with E-state index in [2.05, 4.69) is 10.3 Å². The number of ether oxygens (including phenoxy) is 1. The zero-order valence-corrected chi connectivity index (χ0v) is 16.5. The topological polar surface area (TPSA) is 57.7 Å². The van der Waals surface area contributed by atoms with Crippen LogP contribution in [0.1, 0.15) is 31.2 Å². The van der Waals surface area contributed by atoms with Crippen molar-refractivity contribution in [3.63, 3.8) is 0 Å². The van der Waals surface area contributed by atoms with Crippen LogP contribution in [0.15, 0.2) is 42.6 Å². The largest absolute Gasteiger partial charge is 0.474 e. The molecule has 2 amide bonds. The number of amides is 2. The van der Waals surface area contributed by atoms with Gasteiger partial charge < -0.3 is 19.9 Å². The van der Waals surface area contributed by atoms with Crippen LogP contribution in [0.2, 0.25) is 0 Å². The quantitative estimate of drug-likeness (QED) is 0.837. The predicted molar refractivity (Wildman–Crippen MR) is 110 cm³/mol. The van der Waals surface area contributed by atoms with Crippen molar-refractivity contribution in [1.82, 2.24) is 15.2 Å². The van der Waals surface area contributed by atoms with Gasteiger partial charge in [-0.25, -0.2) is 14.2 Å². The van der Waals surface area contributed by atoms with E-state index in [1.165, 1.54) is 18.9 Å². The first-order valence-corrected chi connectivity index (χ1v) is 10.3. The molecule has 29 heavy (non-hydrogen) atoms. The third kappa shape index (κ3) is 4.78. The molecule has 4 rings (SSSR count). The van der Waals surface area contributed by atoms with Crippen LogP contribution in [0.25, 0.3) is 0 Å². The molecule has 1 aliphatic heterocycles. The monoisotopic (exact) mass is 398 g/mol. The standard InChI is InChI=1S/C22H27FN4O2/c23-19-9-3-4-10-20(19)26-12-14-27(15-13-26)22(28)25-16-17-6-5-11-24-21(17)29-18-7-1-2-8-18/h3-6,9-11,18H,1-2,7-8,12-16H2,(H,25,28). The first-order valence-electron chi connectivity index (χ1n) is 10.3. The van der Waals surface area contributed by atoms with Gasteiger partial charge in [0.2, 0.25) is 5.88 Å². The highest BCUT2D eigenvalue weighted by Gasteiger charge is 2.23. The molecule has 6 nitrogen and oxygen atoms in total. The van der Waals surface area contributed by atoms with Gasteiger partial charge in [-0.1, -0.05) is 18.2 Å². The van der Waals surface area contributed by atoms with Gasteiger partial charge in [0, 0.05) is 44.5 Å². The number of anilines is 1. The number of urea groups is 1. The summed E-state index contributed by atoms with van der Waals surface area (Å²) < 4.78 is 20.0. The van der Waals surface area contributed by atoms with Crippen LogP contribution < -0.4 is 15.0 Å². The number of piperazine rings is 1. The maximum absolute atomic E-state index is 14.0. The molecule has 1 aromatic carbocycles. The van der Waals surface area contributed by atoms with Crippen LogP contribution >= 0.6 is 0 Å². The summed E-state index contributed by atoms with van der Waals surface area (Å²) in [5, 5.41) is 2.97. The van der Waals surface area contributed by atoms with Gasteiger partial charge >= 0.3 is 6.03 Å². The zero-order chi connectivity index (χ0) is 20.1. The second-order valence-electron chi connectivity index (χ2n) is 7.58. The van der Waals surface area contributed by atoms with Crippen LogP contribution in [0, 0.1) is 5.82 Å². The molecule has 0 spiro atoms. The minimum atomic E-state index is -0.225. The van der Waals surface area contributed by atoms with Gasteiger partial charge in [0.1, 0.15) is 11.9 Å². The fourth-order valence-electron chi connectivity index (χ4n) is 3.97. The highest BCUT2D eigenvalue weighted by molar-refractivity contribution is 5.74. The van der Waals surface area contributed by atoms with Gasteiger partial charge in [-0.3, -0.25) is 0 Å². The van der Waals surface area contributed by atoms with Crippen molar-refractivity contribution >= 4 is 11.7 Å². The number of aromatic nitrogens is 1. The Kier molecular flexibility index (Phi) is 6.12. The Balaban J connectivity index is 1.29. The minimum absolute atomic E-state index is 0.117. The van der Waals surface area contributed by atoms with Gasteiger partial charge in [-0.15, -0.1) is 0 Å². The molecule has 0 unspecified atom stereocenters. The number of benzene rings is 1. The second-order valence-corrected chi connectivity index (χ2v) is 7.58. The molecule has 7 heteroatoms. The number of halogens is 1. The number of nitrogens with one attached hydrogen (secondary N) is 1. The molecule has 1 saturated heterocycles. The number of pyridine rings is 1. The summed E-state index contributed by atoms with van der Waals surface area (Å²) in [6.07, 6.45) is 6.47. The van der Waals surface area contributed by atoms with Crippen molar-refractivity contribution < 1.29 is 13.9 Å². The summed E-state index contributed by atoms with van der Waals surface area (Å²) in [7, 11) is 0. The molecule has 0 radical (unpaired) electrons. The molecule has 1 aliphatic carbocycles. The maximum atomic E-state index is 14.0.